The SMILES string of the molecule is O=C(O)c1cccc(-c2ccccc2)c1C(=O)O.O=[N+]([O-])c1ccccc1[N+](=O)[O-]. The van der Waals surface area contributed by atoms with Gasteiger partial charge in [-0.05, 0) is 17.2 Å². The average molecular weight is 410 g/mol. The Labute approximate surface area is 168 Å². The molecule has 0 aliphatic heterocycles. The topological polar surface area (TPSA) is 161 Å². The van der Waals surface area contributed by atoms with E-state index in [2.05, 4.69) is 0 Å². The molecule has 0 aliphatic rings. The summed E-state index contributed by atoms with van der Waals surface area (Å²) in [6.45, 7) is 0. The quantitative estimate of drug-likeness (QED) is 0.466. The fraction of sp³-hybridized carbons (Fsp3) is 0. The molecule has 0 radical (unpaired) electrons. The highest BCUT2D eigenvalue weighted by Crippen LogP contribution is 2.26. The van der Waals surface area contributed by atoms with Crippen LogP contribution < -0.4 is 0 Å². The monoisotopic (exact) mass is 410 g/mol. The highest BCUT2D eigenvalue weighted by Gasteiger charge is 2.22. The Morgan fingerprint density at radius 1 is 0.667 bits per heavy atom. The number of hydrogen-bond acceptors (Lipinski definition) is 6. The van der Waals surface area contributed by atoms with E-state index in [0.29, 0.717) is 11.1 Å². The summed E-state index contributed by atoms with van der Waals surface area (Å²) in [4.78, 5) is 41.2. The van der Waals surface area contributed by atoms with Crippen LogP contribution in [0.25, 0.3) is 11.1 Å². The second-order valence-electron chi connectivity index (χ2n) is 5.71. The van der Waals surface area contributed by atoms with Crippen LogP contribution in [0.3, 0.4) is 0 Å². The Morgan fingerprint density at radius 2 is 1.17 bits per heavy atom. The van der Waals surface area contributed by atoms with Crippen LogP contribution in [-0.4, -0.2) is 32.0 Å². The number of nitro groups is 2. The summed E-state index contributed by atoms with van der Waals surface area (Å²) in [6.07, 6.45) is 0. The van der Waals surface area contributed by atoms with E-state index in [1.54, 1.807) is 30.3 Å². The van der Waals surface area contributed by atoms with Crippen LogP contribution in [0.2, 0.25) is 0 Å². The maximum atomic E-state index is 11.3. The van der Waals surface area contributed by atoms with E-state index in [1.807, 2.05) is 6.07 Å². The number of carbonyl (C=O) groups is 2. The molecule has 3 aromatic carbocycles. The molecule has 0 bridgehead atoms. The van der Waals surface area contributed by atoms with Gasteiger partial charge < -0.3 is 10.2 Å². The van der Waals surface area contributed by atoms with Crippen molar-refractivity contribution < 1.29 is 29.6 Å². The van der Waals surface area contributed by atoms with Crippen LogP contribution >= 0.6 is 0 Å². The van der Waals surface area contributed by atoms with Gasteiger partial charge in [0.25, 0.3) is 0 Å². The number of carboxylic acids is 2. The fourth-order valence-corrected chi connectivity index (χ4v) is 2.59. The predicted octanol–water partition coefficient (Wildman–Crippen LogP) is 4.25. The van der Waals surface area contributed by atoms with E-state index in [-0.39, 0.29) is 11.1 Å². The van der Waals surface area contributed by atoms with Crippen molar-refractivity contribution >= 4 is 23.3 Å². The molecule has 0 amide bonds. The number of rotatable bonds is 5. The summed E-state index contributed by atoms with van der Waals surface area (Å²) in [6, 6.07) is 18.2. The third kappa shape index (κ3) is 5.01. The summed E-state index contributed by atoms with van der Waals surface area (Å²) in [7, 11) is 0. The summed E-state index contributed by atoms with van der Waals surface area (Å²) >= 11 is 0. The highest BCUT2D eigenvalue weighted by atomic mass is 16.6. The van der Waals surface area contributed by atoms with Crippen molar-refractivity contribution in [3.63, 3.8) is 0 Å². The molecule has 0 saturated carbocycles. The summed E-state index contributed by atoms with van der Waals surface area (Å²) in [5.41, 5.74) is -0.272. The molecule has 10 nitrogen and oxygen atoms in total. The lowest BCUT2D eigenvalue weighted by Gasteiger charge is -2.08. The molecule has 0 aromatic heterocycles. The standard InChI is InChI=1S/C14H10O4.C6H4N2O4/c15-13(16)11-8-4-7-10(12(11)14(17)18)9-5-2-1-3-6-9;9-7(10)5-3-1-2-4-6(5)8(11)12/h1-8H,(H,15,16)(H,17,18);1-4H. The van der Waals surface area contributed by atoms with E-state index >= 15 is 0 Å². The third-order valence-electron chi connectivity index (χ3n) is 3.87. The Hall–Kier alpha value is -4.60. The molecule has 2 N–H and O–H groups in total. The van der Waals surface area contributed by atoms with Gasteiger partial charge in [0.15, 0.2) is 0 Å². The van der Waals surface area contributed by atoms with E-state index in [0.717, 1.165) is 12.1 Å². The van der Waals surface area contributed by atoms with Crippen molar-refractivity contribution in [2.45, 2.75) is 0 Å². The van der Waals surface area contributed by atoms with Gasteiger partial charge in [-0.15, -0.1) is 0 Å². The second kappa shape index (κ2) is 9.55. The zero-order chi connectivity index (χ0) is 22.3. The molecule has 0 fully saturated rings. The number of aromatic carboxylic acids is 2. The summed E-state index contributed by atoms with van der Waals surface area (Å²) in [5, 5.41) is 38.7. The van der Waals surface area contributed by atoms with Crippen molar-refractivity contribution in [2.75, 3.05) is 0 Å². The van der Waals surface area contributed by atoms with Crippen LogP contribution in [0.5, 0.6) is 0 Å². The van der Waals surface area contributed by atoms with Crippen LogP contribution in [0.15, 0.2) is 72.8 Å². The average Bonchev–Trinajstić information content (AvgIpc) is 2.74. The number of nitrogens with zero attached hydrogens (tertiary/aromatic N) is 2. The Kier molecular flexibility index (Phi) is 6.91. The lowest BCUT2D eigenvalue weighted by Crippen LogP contribution is -2.09. The predicted molar refractivity (Wildman–Crippen MR) is 106 cm³/mol. The molecule has 0 atom stereocenters. The van der Waals surface area contributed by atoms with Crippen LogP contribution in [0.1, 0.15) is 20.7 Å². The third-order valence-corrected chi connectivity index (χ3v) is 3.87. The summed E-state index contributed by atoms with van der Waals surface area (Å²) < 4.78 is 0. The van der Waals surface area contributed by atoms with Gasteiger partial charge in [-0.25, -0.2) is 9.59 Å². The van der Waals surface area contributed by atoms with Gasteiger partial charge in [-0.3, -0.25) is 20.2 Å². The second-order valence-corrected chi connectivity index (χ2v) is 5.71. The maximum absolute atomic E-state index is 11.3. The zero-order valence-electron chi connectivity index (χ0n) is 15.2. The molecule has 152 valence electrons. The van der Waals surface area contributed by atoms with Gasteiger partial charge >= 0.3 is 23.3 Å². The number of nitro benzene ring substituents is 2. The molecule has 0 aliphatic carbocycles. The first-order valence-electron chi connectivity index (χ1n) is 8.27. The first kappa shape index (κ1) is 21.7. The lowest BCUT2D eigenvalue weighted by atomic mass is 9.95. The number of carboxylic acid groups (broad SMARTS) is 2. The molecule has 0 spiro atoms. The molecular weight excluding hydrogens is 396 g/mol. The number of benzene rings is 3. The van der Waals surface area contributed by atoms with Crippen molar-refractivity contribution in [3.05, 3.63) is 104 Å². The Balaban J connectivity index is 0.000000232. The number of hydrogen-bond donors (Lipinski definition) is 2. The molecule has 30 heavy (non-hydrogen) atoms. The Bertz CT molecular complexity index is 1080. The normalized spacial score (nSPS) is 9.73. The minimum Gasteiger partial charge on any atom is -0.478 e. The Morgan fingerprint density at radius 3 is 1.60 bits per heavy atom. The van der Waals surface area contributed by atoms with E-state index < -0.39 is 33.2 Å². The van der Waals surface area contributed by atoms with Crippen LogP contribution in [-0.2, 0) is 0 Å². The first-order chi connectivity index (χ1) is 14.2. The van der Waals surface area contributed by atoms with Gasteiger partial charge in [-0.1, -0.05) is 54.6 Å². The molecule has 10 heteroatoms. The van der Waals surface area contributed by atoms with Crippen LogP contribution in [0.4, 0.5) is 11.4 Å². The molecular formula is C20H14N2O8. The number of para-hydroxylation sites is 2. The van der Waals surface area contributed by atoms with Crippen molar-refractivity contribution in [3.8, 4) is 11.1 Å². The minimum absolute atomic E-state index is 0.184. The molecule has 0 unspecified atom stereocenters. The summed E-state index contributed by atoms with van der Waals surface area (Å²) in [5.74, 6) is -2.49. The first-order valence-corrected chi connectivity index (χ1v) is 8.27. The van der Waals surface area contributed by atoms with Gasteiger partial charge in [0.1, 0.15) is 0 Å². The minimum atomic E-state index is -1.25. The van der Waals surface area contributed by atoms with Gasteiger partial charge in [0, 0.05) is 12.1 Å². The van der Waals surface area contributed by atoms with Crippen molar-refractivity contribution in [1.29, 1.82) is 0 Å². The van der Waals surface area contributed by atoms with Gasteiger partial charge in [-0.2, -0.15) is 0 Å². The molecule has 0 heterocycles. The maximum Gasteiger partial charge on any atom is 0.346 e. The van der Waals surface area contributed by atoms with Gasteiger partial charge in [0.2, 0.25) is 0 Å². The van der Waals surface area contributed by atoms with E-state index in [4.69, 9.17) is 5.11 Å². The fourth-order valence-electron chi connectivity index (χ4n) is 2.59. The van der Waals surface area contributed by atoms with E-state index in [1.165, 1.54) is 24.3 Å². The zero-order valence-corrected chi connectivity index (χ0v) is 15.2. The molecule has 3 rings (SSSR count). The highest BCUT2D eigenvalue weighted by molar-refractivity contribution is 6.06. The van der Waals surface area contributed by atoms with E-state index in [9.17, 15) is 34.9 Å². The smallest absolute Gasteiger partial charge is 0.346 e. The lowest BCUT2D eigenvalue weighted by molar-refractivity contribution is -0.422. The van der Waals surface area contributed by atoms with Gasteiger partial charge in [0.05, 0.1) is 21.0 Å². The van der Waals surface area contributed by atoms with Crippen molar-refractivity contribution in [1.82, 2.24) is 0 Å². The molecule has 0 saturated heterocycles. The van der Waals surface area contributed by atoms with Crippen molar-refractivity contribution in [2.24, 2.45) is 0 Å². The largest absolute Gasteiger partial charge is 0.478 e. The molecule has 3 aromatic rings. The van der Waals surface area contributed by atoms with Crippen LogP contribution in [0, 0.1) is 20.2 Å².